The number of hydrogen-bond acceptors (Lipinski definition) is 5. The van der Waals surface area contributed by atoms with E-state index < -0.39 is 0 Å². The van der Waals surface area contributed by atoms with Gasteiger partial charge in [0.2, 0.25) is 5.95 Å². The van der Waals surface area contributed by atoms with Crippen LogP contribution in [0.15, 0.2) is 97.1 Å². The average Bonchev–Trinajstić information content (AvgIpc) is 3.58. The molecular formula is C35H33N5O. The molecule has 0 unspecified atom stereocenters. The van der Waals surface area contributed by atoms with Crippen LogP contribution in [0, 0.1) is 6.92 Å². The Hall–Kier alpha value is -4.55. The molecule has 2 aliphatic rings. The van der Waals surface area contributed by atoms with Crippen LogP contribution in [0.5, 0.6) is 0 Å². The predicted octanol–water partition coefficient (Wildman–Crippen LogP) is 7.73. The molecule has 0 saturated carbocycles. The number of para-hydroxylation sites is 1. The zero-order valence-electron chi connectivity index (χ0n) is 23.2. The third kappa shape index (κ3) is 5.19. The molecule has 0 aliphatic carbocycles. The lowest BCUT2D eigenvalue weighted by molar-refractivity contribution is 0.102. The molecule has 2 N–H and O–H groups in total. The van der Waals surface area contributed by atoms with Gasteiger partial charge in [0.1, 0.15) is 0 Å². The van der Waals surface area contributed by atoms with E-state index in [1.165, 1.54) is 31.2 Å². The van der Waals surface area contributed by atoms with Gasteiger partial charge in [-0.05, 0) is 80.1 Å². The maximum Gasteiger partial charge on any atom is 0.255 e. The number of amides is 1. The van der Waals surface area contributed by atoms with Crippen LogP contribution >= 0.6 is 0 Å². The largest absolute Gasteiger partial charge is 0.324 e. The summed E-state index contributed by atoms with van der Waals surface area (Å²) in [5.74, 6) is 0.394. The lowest BCUT2D eigenvalue weighted by Crippen LogP contribution is -2.27. The van der Waals surface area contributed by atoms with E-state index in [9.17, 15) is 4.79 Å². The number of rotatable bonds is 7. The van der Waals surface area contributed by atoms with Crippen molar-refractivity contribution in [2.45, 2.75) is 51.2 Å². The normalized spacial score (nSPS) is 18.1. The molecule has 6 nitrogen and oxygen atoms in total. The lowest BCUT2D eigenvalue weighted by Gasteiger charge is -2.22. The monoisotopic (exact) mass is 539 g/mol. The van der Waals surface area contributed by atoms with Crippen LogP contribution in [-0.4, -0.2) is 32.9 Å². The number of anilines is 3. The van der Waals surface area contributed by atoms with Crippen molar-refractivity contribution in [1.82, 2.24) is 14.9 Å². The molecule has 204 valence electrons. The molecule has 2 saturated heterocycles. The van der Waals surface area contributed by atoms with Gasteiger partial charge < -0.3 is 10.6 Å². The number of carbonyl (C=O) groups is 1. The van der Waals surface area contributed by atoms with Gasteiger partial charge in [0.25, 0.3) is 5.91 Å². The van der Waals surface area contributed by atoms with E-state index in [1.54, 1.807) is 0 Å². The Morgan fingerprint density at radius 2 is 1.54 bits per heavy atom. The third-order valence-electron chi connectivity index (χ3n) is 8.57. The smallest absolute Gasteiger partial charge is 0.255 e. The van der Waals surface area contributed by atoms with Crippen molar-refractivity contribution >= 4 is 34.1 Å². The number of fused-ring (bicyclic) bond motifs is 3. The average molecular weight is 540 g/mol. The molecule has 3 heterocycles. The van der Waals surface area contributed by atoms with Crippen molar-refractivity contribution in [2.24, 2.45) is 0 Å². The SMILES string of the molecule is Cc1ccc(CN2C3CCC2CC3)cc1NC(=O)c1ccc(Nc2nc(-c3ccccc3)c3ccccc3n2)cc1. The molecule has 7 rings (SSSR count). The Labute approximate surface area is 240 Å². The molecule has 2 fully saturated rings. The molecule has 5 aromatic rings. The summed E-state index contributed by atoms with van der Waals surface area (Å²) in [6.45, 7) is 3.00. The van der Waals surface area contributed by atoms with Gasteiger partial charge in [0.05, 0.1) is 11.2 Å². The van der Waals surface area contributed by atoms with E-state index in [2.05, 4.69) is 45.9 Å². The topological polar surface area (TPSA) is 70.2 Å². The van der Waals surface area contributed by atoms with Crippen molar-refractivity contribution in [3.8, 4) is 11.3 Å². The summed E-state index contributed by atoms with van der Waals surface area (Å²) in [5.41, 5.74) is 7.39. The van der Waals surface area contributed by atoms with Crippen LogP contribution in [0.1, 0.15) is 47.2 Å². The maximum absolute atomic E-state index is 13.2. The molecule has 1 aromatic heterocycles. The Bertz CT molecular complexity index is 1700. The zero-order valence-corrected chi connectivity index (χ0v) is 23.2. The molecule has 1 amide bonds. The van der Waals surface area contributed by atoms with Gasteiger partial charge in [0, 0.05) is 46.5 Å². The first-order chi connectivity index (χ1) is 20.1. The molecule has 0 radical (unpaired) electrons. The minimum absolute atomic E-state index is 0.119. The highest BCUT2D eigenvalue weighted by molar-refractivity contribution is 6.05. The van der Waals surface area contributed by atoms with Gasteiger partial charge in [-0.25, -0.2) is 9.97 Å². The van der Waals surface area contributed by atoms with Crippen LogP contribution in [0.4, 0.5) is 17.3 Å². The molecule has 41 heavy (non-hydrogen) atoms. The van der Waals surface area contributed by atoms with Crippen molar-refractivity contribution in [2.75, 3.05) is 10.6 Å². The highest BCUT2D eigenvalue weighted by Gasteiger charge is 2.38. The van der Waals surface area contributed by atoms with E-state index in [4.69, 9.17) is 9.97 Å². The maximum atomic E-state index is 13.2. The number of aryl methyl sites for hydroxylation is 1. The first-order valence-electron chi connectivity index (χ1n) is 14.5. The fourth-order valence-electron chi connectivity index (χ4n) is 6.37. The molecule has 0 spiro atoms. The molecule has 6 heteroatoms. The summed E-state index contributed by atoms with van der Waals surface area (Å²) in [4.78, 5) is 25.4. The number of hydrogen-bond donors (Lipinski definition) is 2. The van der Waals surface area contributed by atoms with Crippen molar-refractivity contribution in [3.05, 3.63) is 114 Å². The summed E-state index contributed by atoms with van der Waals surface area (Å²) >= 11 is 0. The van der Waals surface area contributed by atoms with E-state index in [0.29, 0.717) is 11.5 Å². The van der Waals surface area contributed by atoms with Crippen LogP contribution in [0.3, 0.4) is 0 Å². The Kier molecular flexibility index (Phi) is 6.69. The minimum atomic E-state index is -0.119. The van der Waals surface area contributed by atoms with Crippen LogP contribution in [-0.2, 0) is 6.54 Å². The number of aromatic nitrogens is 2. The van der Waals surface area contributed by atoms with Gasteiger partial charge >= 0.3 is 0 Å². The first kappa shape index (κ1) is 25.4. The van der Waals surface area contributed by atoms with Gasteiger partial charge in [-0.3, -0.25) is 9.69 Å². The summed E-state index contributed by atoms with van der Waals surface area (Å²) in [5, 5.41) is 7.47. The second kappa shape index (κ2) is 10.8. The number of benzene rings is 4. The van der Waals surface area contributed by atoms with E-state index in [-0.39, 0.29) is 5.91 Å². The highest BCUT2D eigenvalue weighted by Crippen LogP contribution is 2.38. The lowest BCUT2D eigenvalue weighted by atomic mass is 10.0. The van der Waals surface area contributed by atoms with E-state index in [0.717, 1.165) is 57.7 Å². The quantitative estimate of drug-likeness (QED) is 0.221. The number of nitrogens with one attached hydrogen (secondary N) is 2. The number of nitrogens with zero attached hydrogens (tertiary/aromatic N) is 3. The summed E-state index contributed by atoms with van der Waals surface area (Å²) < 4.78 is 0. The van der Waals surface area contributed by atoms with Gasteiger partial charge in [-0.15, -0.1) is 0 Å². The number of carbonyl (C=O) groups excluding carboxylic acids is 1. The molecule has 2 aliphatic heterocycles. The Morgan fingerprint density at radius 3 is 2.29 bits per heavy atom. The predicted molar refractivity (Wildman–Crippen MR) is 165 cm³/mol. The van der Waals surface area contributed by atoms with Crippen LogP contribution < -0.4 is 10.6 Å². The Morgan fingerprint density at radius 1 is 0.829 bits per heavy atom. The fourth-order valence-corrected chi connectivity index (χ4v) is 6.37. The second-order valence-electron chi connectivity index (χ2n) is 11.2. The first-order valence-corrected chi connectivity index (χ1v) is 14.5. The van der Waals surface area contributed by atoms with Crippen molar-refractivity contribution in [3.63, 3.8) is 0 Å². The highest BCUT2D eigenvalue weighted by atomic mass is 16.1. The second-order valence-corrected chi connectivity index (χ2v) is 11.2. The van der Waals surface area contributed by atoms with Crippen molar-refractivity contribution < 1.29 is 4.79 Å². The van der Waals surface area contributed by atoms with Crippen molar-refractivity contribution in [1.29, 1.82) is 0 Å². The fraction of sp³-hybridized carbons (Fsp3) is 0.229. The third-order valence-corrected chi connectivity index (χ3v) is 8.57. The summed E-state index contributed by atoms with van der Waals surface area (Å²) in [6, 6.07) is 33.5. The van der Waals surface area contributed by atoms with E-state index in [1.807, 2.05) is 73.7 Å². The summed E-state index contributed by atoms with van der Waals surface area (Å²) in [6.07, 6.45) is 5.30. The van der Waals surface area contributed by atoms with Crippen LogP contribution in [0.25, 0.3) is 22.2 Å². The van der Waals surface area contributed by atoms with E-state index >= 15 is 0 Å². The zero-order chi connectivity index (χ0) is 27.8. The van der Waals surface area contributed by atoms with Crippen LogP contribution in [0.2, 0.25) is 0 Å². The Balaban J connectivity index is 1.07. The van der Waals surface area contributed by atoms with Gasteiger partial charge in [0.15, 0.2) is 0 Å². The molecule has 2 bridgehead atoms. The summed E-state index contributed by atoms with van der Waals surface area (Å²) in [7, 11) is 0. The molecular weight excluding hydrogens is 506 g/mol. The van der Waals surface area contributed by atoms with Gasteiger partial charge in [-0.1, -0.05) is 60.7 Å². The minimum Gasteiger partial charge on any atom is -0.324 e. The van der Waals surface area contributed by atoms with Gasteiger partial charge in [-0.2, -0.15) is 0 Å². The molecule has 0 atom stereocenters. The standard InChI is InChI=1S/C35H33N5O/c1-23-11-12-24(22-40-28-17-18-29(40)20-19-28)21-32(23)37-34(41)26-13-15-27(16-14-26)36-35-38-31-10-6-5-9-30(31)33(39-35)25-7-3-2-4-8-25/h2-16,21,28-29H,17-20,22H2,1H3,(H,37,41)(H,36,38,39). The molecule has 4 aromatic carbocycles.